The molecule has 2 amide bonds. The van der Waals surface area contributed by atoms with Crippen LogP contribution in [0.4, 0.5) is 13.2 Å². The van der Waals surface area contributed by atoms with E-state index in [0.717, 1.165) is 6.07 Å². The van der Waals surface area contributed by atoms with Gasteiger partial charge in [-0.05, 0) is 38.8 Å². The Hall–Kier alpha value is -3.76. The predicted molar refractivity (Wildman–Crippen MR) is 134 cm³/mol. The molecule has 0 unspecified atom stereocenters. The highest BCUT2D eigenvalue weighted by Crippen LogP contribution is 2.18. The standard InChI is InChI=1S/C19H26F3N3O3.C6H8O7/c1-19(2,3)28-10-16-18(27)24-4-5-25(16)17(26)8-12(23)6-11-7-14(21)15(22)9-13(11)20;7-3(8)1-6(13,5(11)12)2-4(9)10/h7,9,12,16H,4-6,8,10,23H2,1-3H3,(H,24,27);13H,1-2H2,(H,7,8)(H,9,10)(H,11,12)/t12-,16-;/m1./s1. The minimum Gasteiger partial charge on any atom is -0.481 e. The number of carbonyl (C=O) groups excluding carboxylic acids is 2. The number of rotatable bonds is 11. The molecular weight excluding hydrogens is 559 g/mol. The van der Waals surface area contributed by atoms with Gasteiger partial charge in [0.2, 0.25) is 11.8 Å². The molecule has 7 N–H and O–H groups in total. The first-order chi connectivity index (χ1) is 18.8. The Morgan fingerprint density at radius 3 is 2.07 bits per heavy atom. The Balaban J connectivity index is 0.000000545. The lowest BCUT2D eigenvalue weighted by atomic mass is 9.96. The van der Waals surface area contributed by atoms with Crippen LogP contribution in [0.3, 0.4) is 0 Å². The summed E-state index contributed by atoms with van der Waals surface area (Å²) in [6, 6.07) is -0.411. The van der Waals surface area contributed by atoms with E-state index in [1.54, 1.807) is 0 Å². The number of aliphatic carboxylic acids is 3. The van der Waals surface area contributed by atoms with E-state index in [1.807, 2.05) is 20.8 Å². The van der Waals surface area contributed by atoms with E-state index >= 15 is 0 Å². The second-order valence-corrected chi connectivity index (χ2v) is 10.3. The van der Waals surface area contributed by atoms with Crippen molar-refractivity contribution < 1.29 is 62.3 Å². The predicted octanol–water partition coefficient (Wildman–Crippen LogP) is 0.257. The van der Waals surface area contributed by atoms with E-state index in [9.17, 15) is 37.1 Å². The van der Waals surface area contributed by atoms with Gasteiger partial charge in [-0.3, -0.25) is 19.2 Å². The molecule has 13 nitrogen and oxygen atoms in total. The monoisotopic (exact) mass is 593 g/mol. The van der Waals surface area contributed by atoms with Crippen molar-refractivity contribution >= 4 is 29.7 Å². The lowest BCUT2D eigenvalue weighted by Gasteiger charge is -2.36. The molecule has 41 heavy (non-hydrogen) atoms. The number of amides is 2. The smallest absolute Gasteiger partial charge is 0.336 e. The number of ether oxygens (including phenoxy) is 1. The van der Waals surface area contributed by atoms with Crippen LogP contribution in [0, 0.1) is 17.5 Å². The molecule has 0 radical (unpaired) electrons. The van der Waals surface area contributed by atoms with Crippen LogP contribution in [0.25, 0.3) is 0 Å². The highest BCUT2D eigenvalue weighted by Gasteiger charge is 2.41. The molecule has 0 aromatic heterocycles. The SMILES string of the molecule is CC(C)(C)OC[C@@H]1C(=O)NCCN1C(=O)C[C@H](N)Cc1cc(F)c(F)cc1F.O=C(O)CC(O)(CC(=O)O)C(=O)O. The molecule has 16 heteroatoms. The van der Waals surface area contributed by atoms with Crippen LogP contribution >= 0.6 is 0 Å². The molecule has 0 saturated carbocycles. The minimum absolute atomic E-state index is 0.0358. The number of hydrogen-bond acceptors (Lipinski definition) is 8. The fourth-order valence-corrected chi connectivity index (χ4v) is 3.64. The average molecular weight is 594 g/mol. The minimum atomic E-state index is -2.74. The van der Waals surface area contributed by atoms with Gasteiger partial charge in [0.15, 0.2) is 17.2 Å². The van der Waals surface area contributed by atoms with Crippen LogP contribution < -0.4 is 11.1 Å². The lowest BCUT2D eigenvalue weighted by Crippen LogP contribution is -2.60. The summed E-state index contributed by atoms with van der Waals surface area (Å²) in [6.45, 7) is 6.16. The fourth-order valence-electron chi connectivity index (χ4n) is 3.64. The van der Waals surface area contributed by atoms with Gasteiger partial charge in [0, 0.05) is 31.6 Å². The maximum Gasteiger partial charge on any atom is 0.336 e. The summed E-state index contributed by atoms with van der Waals surface area (Å²) in [7, 11) is 0. The number of nitrogens with two attached hydrogens (primary N) is 1. The van der Waals surface area contributed by atoms with E-state index in [2.05, 4.69) is 5.32 Å². The molecule has 2 rings (SSSR count). The third-order valence-electron chi connectivity index (χ3n) is 5.62. The molecule has 1 aromatic rings. The molecule has 1 aliphatic heterocycles. The third kappa shape index (κ3) is 11.7. The highest BCUT2D eigenvalue weighted by atomic mass is 19.2. The molecule has 0 bridgehead atoms. The summed E-state index contributed by atoms with van der Waals surface area (Å²) in [4.78, 5) is 56.7. The van der Waals surface area contributed by atoms with E-state index < -0.39 is 71.5 Å². The summed E-state index contributed by atoms with van der Waals surface area (Å²) in [6.07, 6.45) is -2.60. The Labute approximate surface area is 233 Å². The normalized spacial score (nSPS) is 16.2. The number of carboxylic acids is 3. The first kappa shape index (κ1) is 35.3. The molecule has 0 aliphatic carbocycles. The quantitative estimate of drug-likeness (QED) is 0.191. The van der Waals surface area contributed by atoms with Crippen LogP contribution in [0.1, 0.15) is 45.6 Å². The molecule has 230 valence electrons. The molecule has 1 fully saturated rings. The van der Waals surface area contributed by atoms with Gasteiger partial charge in [0.25, 0.3) is 0 Å². The topological polar surface area (TPSA) is 217 Å². The van der Waals surface area contributed by atoms with E-state index in [4.69, 9.17) is 30.9 Å². The van der Waals surface area contributed by atoms with Gasteiger partial charge in [0.1, 0.15) is 11.9 Å². The Morgan fingerprint density at radius 2 is 1.59 bits per heavy atom. The van der Waals surface area contributed by atoms with Crippen molar-refractivity contribution in [2.75, 3.05) is 19.7 Å². The number of benzene rings is 1. The average Bonchev–Trinajstić information content (AvgIpc) is 2.80. The van der Waals surface area contributed by atoms with Crippen LogP contribution in [-0.4, -0.2) is 98.0 Å². The van der Waals surface area contributed by atoms with E-state index in [0.29, 0.717) is 19.2 Å². The maximum atomic E-state index is 13.8. The van der Waals surface area contributed by atoms with Gasteiger partial charge >= 0.3 is 17.9 Å². The number of carbonyl (C=O) groups is 5. The number of halogens is 3. The number of aliphatic hydroxyl groups is 1. The van der Waals surface area contributed by atoms with Crippen LogP contribution in [0.5, 0.6) is 0 Å². The Bertz CT molecular complexity index is 1130. The number of piperazine rings is 1. The molecule has 1 aromatic carbocycles. The van der Waals surface area contributed by atoms with E-state index in [1.165, 1.54) is 4.90 Å². The number of carboxylic acid groups (broad SMARTS) is 3. The van der Waals surface area contributed by atoms with Crippen molar-refractivity contribution in [3.63, 3.8) is 0 Å². The molecule has 2 atom stereocenters. The third-order valence-corrected chi connectivity index (χ3v) is 5.62. The van der Waals surface area contributed by atoms with Gasteiger partial charge in [-0.25, -0.2) is 18.0 Å². The number of nitrogens with zero attached hydrogens (tertiary/aromatic N) is 1. The largest absolute Gasteiger partial charge is 0.481 e. The second kappa shape index (κ2) is 14.7. The fraction of sp³-hybridized carbons (Fsp3) is 0.560. The first-order valence-corrected chi connectivity index (χ1v) is 12.2. The highest BCUT2D eigenvalue weighted by molar-refractivity contribution is 5.89. The summed E-state index contributed by atoms with van der Waals surface area (Å²) in [5.41, 5.74) is 2.61. The maximum absolute atomic E-state index is 13.8. The van der Waals surface area contributed by atoms with Crippen LogP contribution in [0.15, 0.2) is 12.1 Å². The number of nitrogens with one attached hydrogen (secondary N) is 1. The van der Waals surface area contributed by atoms with Crippen molar-refractivity contribution in [2.24, 2.45) is 5.73 Å². The molecule has 1 heterocycles. The van der Waals surface area contributed by atoms with E-state index in [-0.39, 0.29) is 36.8 Å². The Morgan fingerprint density at radius 1 is 1.05 bits per heavy atom. The van der Waals surface area contributed by atoms with Gasteiger partial charge < -0.3 is 41.1 Å². The molecule has 0 spiro atoms. The van der Waals surface area contributed by atoms with Gasteiger partial charge in [-0.1, -0.05) is 0 Å². The lowest BCUT2D eigenvalue weighted by molar-refractivity contribution is -0.170. The summed E-state index contributed by atoms with van der Waals surface area (Å²) >= 11 is 0. The van der Waals surface area contributed by atoms with Crippen LogP contribution in [0.2, 0.25) is 0 Å². The van der Waals surface area contributed by atoms with Crippen molar-refractivity contribution in [1.29, 1.82) is 0 Å². The van der Waals surface area contributed by atoms with Crippen LogP contribution in [-0.2, 0) is 35.1 Å². The second-order valence-electron chi connectivity index (χ2n) is 10.3. The van der Waals surface area contributed by atoms with Crippen molar-refractivity contribution in [1.82, 2.24) is 10.2 Å². The zero-order valence-corrected chi connectivity index (χ0v) is 22.7. The van der Waals surface area contributed by atoms with Crippen molar-refractivity contribution in [2.45, 2.75) is 69.7 Å². The van der Waals surface area contributed by atoms with Gasteiger partial charge in [-0.15, -0.1) is 0 Å². The van der Waals surface area contributed by atoms with Gasteiger partial charge in [0.05, 0.1) is 25.0 Å². The van der Waals surface area contributed by atoms with Crippen molar-refractivity contribution in [3.8, 4) is 0 Å². The number of hydrogen-bond donors (Lipinski definition) is 6. The zero-order valence-electron chi connectivity index (χ0n) is 22.7. The zero-order chi connectivity index (χ0) is 31.7. The summed E-state index contributed by atoms with van der Waals surface area (Å²) < 4.78 is 45.8. The molecule has 1 aliphatic rings. The summed E-state index contributed by atoms with van der Waals surface area (Å²) in [5.74, 6) is -9.10. The molecule has 1 saturated heterocycles. The summed E-state index contributed by atoms with van der Waals surface area (Å²) in [5, 5.41) is 36.5. The first-order valence-electron chi connectivity index (χ1n) is 12.2. The molecular formula is C25H34F3N3O10. The van der Waals surface area contributed by atoms with Gasteiger partial charge in [-0.2, -0.15) is 0 Å². The van der Waals surface area contributed by atoms with Crippen molar-refractivity contribution in [3.05, 3.63) is 35.1 Å². The Kier molecular flexibility index (Phi) is 12.7.